The van der Waals surface area contributed by atoms with Crippen molar-refractivity contribution in [3.8, 4) is 0 Å². The molecule has 1 atom stereocenters. The normalized spacial score (nSPS) is 11.5. The standard InChI is InChI=1S/C13H17N3O3S/c1-3-9(2)7-12(17)15-13(20)14-10-5-4-6-11(8-10)16(18)19/h4-6,8-9H,3,7H2,1-2H3,(H2,14,15,17,20)/t9-/m0/s1. The summed E-state index contributed by atoms with van der Waals surface area (Å²) in [4.78, 5) is 21.8. The van der Waals surface area contributed by atoms with Gasteiger partial charge in [-0.2, -0.15) is 0 Å². The molecule has 0 unspecified atom stereocenters. The molecule has 0 aliphatic carbocycles. The first kappa shape index (κ1) is 16.0. The molecule has 7 heteroatoms. The highest BCUT2D eigenvalue weighted by Crippen LogP contribution is 2.16. The largest absolute Gasteiger partial charge is 0.332 e. The summed E-state index contributed by atoms with van der Waals surface area (Å²) >= 11 is 5.00. The summed E-state index contributed by atoms with van der Waals surface area (Å²) < 4.78 is 0. The van der Waals surface area contributed by atoms with Crippen LogP contribution < -0.4 is 10.6 Å². The maximum absolute atomic E-state index is 11.6. The molecule has 0 saturated heterocycles. The van der Waals surface area contributed by atoms with Gasteiger partial charge in [0.05, 0.1) is 4.92 Å². The average molecular weight is 295 g/mol. The minimum Gasteiger partial charge on any atom is -0.332 e. The van der Waals surface area contributed by atoms with E-state index < -0.39 is 4.92 Å². The van der Waals surface area contributed by atoms with Gasteiger partial charge in [-0.15, -0.1) is 0 Å². The Morgan fingerprint density at radius 2 is 2.20 bits per heavy atom. The molecule has 1 amide bonds. The fourth-order valence-corrected chi connectivity index (χ4v) is 1.73. The van der Waals surface area contributed by atoms with Gasteiger partial charge in [0.15, 0.2) is 5.11 Å². The maximum Gasteiger partial charge on any atom is 0.271 e. The Morgan fingerprint density at radius 3 is 2.80 bits per heavy atom. The van der Waals surface area contributed by atoms with E-state index in [-0.39, 0.29) is 22.6 Å². The van der Waals surface area contributed by atoms with E-state index in [2.05, 4.69) is 10.6 Å². The molecule has 20 heavy (non-hydrogen) atoms. The van der Waals surface area contributed by atoms with Crippen LogP contribution in [0.1, 0.15) is 26.7 Å². The van der Waals surface area contributed by atoms with Gasteiger partial charge in [0.2, 0.25) is 5.91 Å². The van der Waals surface area contributed by atoms with Gasteiger partial charge in [0, 0.05) is 24.2 Å². The summed E-state index contributed by atoms with van der Waals surface area (Å²) in [6, 6.07) is 5.92. The van der Waals surface area contributed by atoms with Crippen molar-refractivity contribution in [3.05, 3.63) is 34.4 Å². The predicted molar refractivity (Wildman–Crippen MR) is 81.5 cm³/mol. The fraction of sp³-hybridized carbons (Fsp3) is 0.385. The summed E-state index contributed by atoms with van der Waals surface area (Å²) in [6.45, 7) is 3.99. The zero-order valence-corrected chi connectivity index (χ0v) is 12.2. The lowest BCUT2D eigenvalue weighted by molar-refractivity contribution is -0.384. The second-order valence-electron chi connectivity index (χ2n) is 4.53. The van der Waals surface area contributed by atoms with Gasteiger partial charge >= 0.3 is 0 Å². The number of amides is 1. The third-order valence-corrected chi connectivity index (χ3v) is 3.00. The Bertz CT molecular complexity index is 519. The van der Waals surface area contributed by atoms with E-state index in [0.717, 1.165) is 6.42 Å². The highest BCUT2D eigenvalue weighted by Gasteiger charge is 2.10. The number of rotatable bonds is 5. The van der Waals surface area contributed by atoms with Gasteiger partial charge in [-0.25, -0.2) is 0 Å². The number of carbonyl (C=O) groups excluding carboxylic acids is 1. The number of nitrogens with one attached hydrogen (secondary N) is 2. The number of benzene rings is 1. The number of carbonyl (C=O) groups is 1. The third-order valence-electron chi connectivity index (χ3n) is 2.80. The van der Waals surface area contributed by atoms with Crippen LogP contribution in [-0.4, -0.2) is 15.9 Å². The molecule has 1 rings (SSSR count). The van der Waals surface area contributed by atoms with Crippen LogP contribution in [0.3, 0.4) is 0 Å². The highest BCUT2D eigenvalue weighted by molar-refractivity contribution is 7.80. The van der Waals surface area contributed by atoms with Crippen LogP contribution in [0, 0.1) is 16.0 Å². The van der Waals surface area contributed by atoms with Crippen LogP contribution in [0.2, 0.25) is 0 Å². The molecule has 0 heterocycles. The SMILES string of the molecule is CC[C@H](C)CC(=O)NC(=S)Nc1cccc([N+](=O)[O-])c1. The zero-order chi connectivity index (χ0) is 15.1. The first-order valence-corrected chi connectivity index (χ1v) is 6.68. The van der Waals surface area contributed by atoms with Crippen LogP contribution in [0.5, 0.6) is 0 Å². The van der Waals surface area contributed by atoms with Crippen LogP contribution >= 0.6 is 12.2 Å². The molecule has 0 aromatic heterocycles. The first-order valence-electron chi connectivity index (χ1n) is 6.27. The quantitative estimate of drug-likeness (QED) is 0.496. The topological polar surface area (TPSA) is 84.3 Å². The Morgan fingerprint density at radius 1 is 1.50 bits per heavy atom. The van der Waals surface area contributed by atoms with Crippen LogP contribution in [0.25, 0.3) is 0 Å². The monoisotopic (exact) mass is 295 g/mol. The van der Waals surface area contributed by atoms with E-state index in [1.807, 2.05) is 13.8 Å². The number of nitro groups is 1. The number of hydrogen-bond donors (Lipinski definition) is 2. The molecule has 0 fully saturated rings. The number of anilines is 1. The smallest absolute Gasteiger partial charge is 0.271 e. The van der Waals surface area contributed by atoms with Crippen molar-refractivity contribution in [3.63, 3.8) is 0 Å². The maximum atomic E-state index is 11.6. The van der Waals surface area contributed by atoms with E-state index in [1.54, 1.807) is 12.1 Å². The minimum absolute atomic E-state index is 0.0382. The summed E-state index contributed by atoms with van der Waals surface area (Å²) in [7, 11) is 0. The molecule has 1 aromatic carbocycles. The first-order chi connectivity index (χ1) is 9.42. The number of nitro benzene ring substituents is 1. The van der Waals surface area contributed by atoms with E-state index in [4.69, 9.17) is 12.2 Å². The van der Waals surface area contributed by atoms with Crippen molar-refractivity contribution in [1.82, 2.24) is 5.32 Å². The second kappa shape index (κ2) is 7.54. The molecule has 0 bridgehead atoms. The molecule has 0 radical (unpaired) electrons. The molecule has 0 aliphatic rings. The summed E-state index contributed by atoms with van der Waals surface area (Å²) in [5, 5.41) is 16.1. The molecule has 0 aliphatic heterocycles. The number of hydrogen-bond acceptors (Lipinski definition) is 4. The van der Waals surface area contributed by atoms with Crippen molar-refractivity contribution in [2.45, 2.75) is 26.7 Å². The van der Waals surface area contributed by atoms with E-state index in [1.165, 1.54) is 12.1 Å². The lowest BCUT2D eigenvalue weighted by Gasteiger charge is -2.11. The van der Waals surface area contributed by atoms with E-state index in [9.17, 15) is 14.9 Å². The molecule has 1 aromatic rings. The molecule has 108 valence electrons. The Balaban J connectivity index is 2.56. The van der Waals surface area contributed by atoms with Crippen LogP contribution in [0.15, 0.2) is 24.3 Å². The van der Waals surface area contributed by atoms with Gasteiger partial charge in [0.1, 0.15) is 0 Å². The summed E-state index contributed by atoms with van der Waals surface area (Å²) in [6.07, 6.45) is 1.31. The predicted octanol–water partition coefficient (Wildman–Crippen LogP) is 2.84. The van der Waals surface area contributed by atoms with Crippen molar-refractivity contribution in [2.75, 3.05) is 5.32 Å². The Labute approximate surface area is 122 Å². The average Bonchev–Trinajstić information content (AvgIpc) is 2.38. The lowest BCUT2D eigenvalue weighted by Crippen LogP contribution is -2.34. The minimum atomic E-state index is -0.490. The van der Waals surface area contributed by atoms with Crippen molar-refractivity contribution in [2.24, 2.45) is 5.92 Å². The molecular formula is C13H17N3O3S. The molecule has 0 spiro atoms. The summed E-state index contributed by atoms with van der Waals surface area (Å²) in [5.41, 5.74) is 0.428. The van der Waals surface area contributed by atoms with Crippen molar-refractivity contribution < 1.29 is 9.72 Å². The van der Waals surface area contributed by atoms with Gasteiger partial charge in [-0.3, -0.25) is 14.9 Å². The van der Waals surface area contributed by atoms with Gasteiger partial charge in [-0.05, 0) is 24.2 Å². The van der Waals surface area contributed by atoms with Gasteiger partial charge < -0.3 is 10.6 Å². The van der Waals surface area contributed by atoms with Gasteiger partial charge in [0.25, 0.3) is 5.69 Å². The number of non-ortho nitro benzene ring substituents is 1. The zero-order valence-electron chi connectivity index (χ0n) is 11.4. The second-order valence-corrected chi connectivity index (χ2v) is 4.94. The van der Waals surface area contributed by atoms with E-state index in [0.29, 0.717) is 12.1 Å². The molecule has 0 saturated carbocycles. The molecular weight excluding hydrogens is 278 g/mol. The number of thiocarbonyl (C=S) groups is 1. The molecule has 6 nitrogen and oxygen atoms in total. The van der Waals surface area contributed by atoms with Crippen molar-refractivity contribution >= 4 is 34.6 Å². The molecule has 2 N–H and O–H groups in total. The number of nitrogens with zero attached hydrogens (tertiary/aromatic N) is 1. The Kier molecular flexibility index (Phi) is 6.05. The third kappa shape index (κ3) is 5.31. The van der Waals surface area contributed by atoms with Crippen LogP contribution in [-0.2, 0) is 4.79 Å². The Hall–Kier alpha value is -2.02. The summed E-state index contributed by atoms with van der Waals surface area (Å²) in [5.74, 6) is 0.123. The lowest BCUT2D eigenvalue weighted by atomic mass is 10.1. The van der Waals surface area contributed by atoms with Crippen LogP contribution in [0.4, 0.5) is 11.4 Å². The van der Waals surface area contributed by atoms with Gasteiger partial charge in [-0.1, -0.05) is 26.3 Å². The van der Waals surface area contributed by atoms with E-state index >= 15 is 0 Å². The highest BCUT2D eigenvalue weighted by atomic mass is 32.1. The van der Waals surface area contributed by atoms with Crippen molar-refractivity contribution in [1.29, 1.82) is 0 Å². The fourth-order valence-electron chi connectivity index (χ4n) is 1.50.